The molecular weight excluding hydrogens is 224 g/mol. The second kappa shape index (κ2) is 2.76. The van der Waals surface area contributed by atoms with Gasteiger partial charge in [-0.05, 0) is 47.6 Å². The van der Waals surface area contributed by atoms with E-state index >= 15 is 0 Å². The van der Waals surface area contributed by atoms with Gasteiger partial charge in [0.05, 0.1) is 14.2 Å². The highest BCUT2D eigenvalue weighted by molar-refractivity contribution is 5.63. The van der Waals surface area contributed by atoms with Crippen molar-refractivity contribution in [3.63, 3.8) is 0 Å². The molecule has 2 fully saturated rings. The fourth-order valence-electron chi connectivity index (χ4n) is 5.10. The van der Waals surface area contributed by atoms with Crippen LogP contribution in [0.4, 0.5) is 0 Å². The highest BCUT2D eigenvalue weighted by Gasteiger charge is 2.73. The predicted octanol–water partition coefficient (Wildman–Crippen LogP) is 2.95. The molecule has 2 heteroatoms. The standard InChI is InChI=1S/C16H16O2/c1-17-9-5-6-10(18-2)14-13(9)11-7-3-4-8(7)12-15(11)16(12)14/h3-8,11-12,15-16H,1-2H3/t7-,8+,11+,12+,15-,16-/m1/s1. The van der Waals surface area contributed by atoms with E-state index < -0.39 is 0 Å². The molecule has 18 heavy (non-hydrogen) atoms. The number of hydrogen-bond acceptors (Lipinski definition) is 2. The van der Waals surface area contributed by atoms with E-state index in [2.05, 4.69) is 24.3 Å². The number of fused-ring (bicyclic) bond motifs is 7. The second-order valence-corrected chi connectivity index (χ2v) is 6.04. The van der Waals surface area contributed by atoms with Crippen LogP contribution in [-0.4, -0.2) is 14.2 Å². The average Bonchev–Trinajstić information content (AvgIpc) is 2.89. The number of ether oxygens (including phenoxy) is 2. The fraction of sp³-hybridized carbons (Fsp3) is 0.500. The third kappa shape index (κ3) is 0.781. The van der Waals surface area contributed by atoms with Gasteiger partial charge in [-0.2, -0.15) is 0 Å². The van der Waals surface area contributed by atoms with Gasteiger partial charge in [0.1, 0.15) is 11.5 Å². The summed E-state index contributed by atoms with van der Waals surface area (Å²) < 4.78 is 11.2. The van der Waals surface area contributed by atoms with Crippen LogP contribution >= 0.6 is 0 Å². The monoisotopic (exact) mass is 240 g/mol. The van der Waals surface area contributed by atoms with E-state index in [1.54, 1.807) is 14.2 Å². The van der Waals surface area contributed by atoms with Crippen molar-refractivity contribution in [1.82, 2.24) is 0 Å². The Morgan fingerprint density at radius 3 is 1.94 bits per heavy atom. The molecule has 0 aliphatic heterocycles. The summed E-state index contributed by atoms with van der Waals surface area (Å²) in [6, 6.07) is 4.15. The van der Waals surface area contributed by atoms with Crippen LogP contribution in [-0.2, 0) is 0 Å². The molecule has 4 aliphatic carbocycles. The molecule has 0 heterocycles. The molecule has 5 rings (SSSR count). The van der Waals surface area contributed by atoms with E-state index in [0.717, 1.165) is 41.1 Å². The lowest BCUT2D eigenvalue weighted by Gasteiger charge is -2.29. The highest BCUT2D eigenvalue weighted by atomic mass is 16.5. The Kier molecular flexibility index (Phi) is 1.46. The summed E-state index contributed by atoms with van der Waals surface area (Å²) in [5.74, 6) is 6.99. The van der Waals surface area contributed by atoms with Gasteiger partial charge in [-0.15, -0.1) is 0 Å². The third-order valence-electron chi connectivity index (χ3n) is 5.72. The van der Waals surface area contributed by atoms with Crippen molar-refractivity contribution in [1.29, 1.82) is 0 Å². The summed E-state index contributed by atoms with van der Waals surface area (Å²) in [6.07, 6.45) is 4.83. The largest absolute Gasteiger partial charge is 0.496 e. The first-order valence-corrected chi connectivity index (χ1v) is 6.80. The van der Waals surface area contributed by atoms with Crippen molar-refractivity contribution >= 4 is 0 Å². The van der Waals surface area contributed by atoms with E-state index in [4.69, 9.17) is 9.47 Å². The molecule has 1 aromatic carbocycles. The summed E-state index contributed by atoms with van der Waals surface area (Å²) in [4.78, 5) is 0. The van der Waals surface area contributed by atoms with Crippen LogP contribution in [0, 0.1) is 23.7 Å². The highest BCUT2D eigenvalue weighted by Crippen LogP contribution is 2.81. The van der Waals surface area contributed by atoms with Crippen molar-refractivity contribution < 1.29 is 9.47 Å². The van der Waals surface area contributed by atoms with Gasteiger partial charge in [0.25, 0.3) is 0 Å². The minimum atomic E-state index is 0.704. The Balaban J connectivity index is 1.77. The first-order chi connectivity index (χ1) is 8.86. The Morgan fingerprint density at radius 2 is 1.39 bits per heavy atom. The summed E-state index contributed by atoms with van der Waals surface area (Å²) in [5.41, 5.74) is 2.92. The van der Waals surface area contributed by atoms with E-state index in [1.165, 1.54) is 11.1 Å². The van der Waals surface area contributed by atoms with Crippen LogP contribution < -0.4 is 9.47 Å². The smallest absolute Gasteiger partial charge is 0.122 e. The van der Waals surface area contributed by atoms with Crippen molar-refractivity contribution in [3.8, 4) is 11.5 Å². The SMILES string of the molecule is COc1ccc(OC)c2c1[C@@H]1[C@@H]3C=C[C@@H]3[C@@H]3[C@H]2[C@H]13. The van der Waals surface area contributed by atoms with Gasteiger partial charge in [0, 0.05) is 11.1 Å². The quantitative estimate of drug-likeness (QED) is 0.740. The number of benzene rings is 1. The van der Waals surface area contributed by atoms with Gasteiger partial charge < -0.3 is 9.47 Å². The van der Waals surface area contributed by atoms with Gasteiger partial charge in [0.15, 0.2) is 0 Å². The maximum absolute atomic E-state index is 5.60. The van der Waals surface area contributed by atoms with Crippen LogP contribution in [0.2, 0.25) is 0 Å². The molecular formula is C16H16O2. The molecule has 2 nitrogen and oxygen atoms in total. The molecule has 0 saturated heterocycles. The van der Waals surface area contributed by atoms with E-state index in [-0.39, 0.29) is 0 Å². The lowest BCUT2D eigenvalue weighted by atomic mass is 9.76. The molecule has 2 saturated carbocycles. The van der Waals surface area contributed by atoms with Gasteiger partial charge >= 0.3 is 0 Å². The first kappa shape index (κ1) is 9.48. The summed E-state index contributed by atoms with van der Waals surface area (Å²) in [7, 11) is 3.57. The molecule has 0 spiro atoms. The van der Waals surface area contributed by atoms with Crippen LogP contribution in [0.1, 0.15) is 23.0 Å². The number of rotatable bonds is 2. The van der Waals surface area contributed by atoms with Gasteiger partial charge in [-0.25, -0.2) is 0 Å². The molecule has 0 amide bonds. The number of hydrogen-bond donors (Lipinski definition) is 0. The van der Waals surface area contributed by atoms with Gasteiger partial charge in [-0.3, -0.25) is 0 Å². The van der Waals surface area contributed by atoms with Gasteiger partial charge in [-0.1, -0.05) is 12.2 Å². The zero-order chi connectivity index (χ0) is 12.0. The summed E-state index contributed by atoms with van der Waals surface area (Å²) in [6.45, 7) is 0. The maximum atomic E-state index is 5.60. The van der Waals surface area contributed by atoms with E-state index in [0.29, 0.717) is 5.92 Å². The van der Waals surface area contributed by atoms with Crippen LogP contribution in [0.5, 0.6) is 11.5 Å². The van der Waals surface area contributed by atoms with Crippen molar-refractivity contribution in [3.05, 3.63) is 35.4 Å². The lowest BCUT2D eigenvalue weighted by Crippen LogP contribution is -2.20. The van der Waals surface area contributed by atoms with Crippen molar-refractivity contribution in [2.45, 2.75) is 11.8 Å². The van der Waals surface area contributed by atoms with E-state index in [1.807, 2.05) is 0 Å². The topological polar surface area (TPSA) is 18.5 Å². The van der Waals surface area contributed by atoms with Crippen molar-refractivity contribution in [2.24, 2.45) is 23.7 Å². The summed E-state index contributed by atoms with van der Waals surface area (Å²) >= 11 is 0. The zero-order valence-electron chi connectivity index (χ0n) is 10.6. The predicted molar refractivity (Wildman–Crippen MR) is 68.1 cm³/mol. The molecule has 0 bridgehead atoms. The second-order valence-electron chi connectivity index (χ2n) is 6.04. The number of methoxy groups -OCH3 is 2. The molecule has 4 aliphatic rings. The van der Waals surface area contributed by atoms with Crippen LogP contribution in [0.3, 0.4) is 0 Å². The maximum Gasteiger partial charge on any atom is 0.122 e. The van der Waals surface area contributed by atoms with Crippen molar-refractivity contribution in [2.75, 3.05) is 14.2 Å². The molecule has 0 unspecified atom stereocenters. The molecule has 92 valence electrons. The minimum absolute atomic E-state index is 0.704. The Bertz CT molecular complexity index is 589. The fourth-order valence-corrected chi connectivity index (χ4v) is 5.10. The molecule has 0 radical (unpaired) electrons. The Hall–Kier alpha value is -1.44. The Morgan fingerprint density at radius 1 is 0.778 bits per heavy atom. The molecule has 0 aromatic heterocycles. The lowest BCUT2D eigenvalue weighted by molar-refractivity contribution is 0.378. The van der Waals surface area contributed by atoms with Gasteiger partial charge in [0.2, 0.25) is 0 Å². The van der Waals surface area contributed by atoms with E-state index in [9.17, 15) is 0 Å². The number of allylic oxidation sites excluding steroid dienone is 2. The molecule has 0 N–H and O–H groups in total. The first-order valence-electron chi connectivity index (χ1n) is 6.80. The third-order valence-corrected chi connectivity index (χ3v) is 5.72. The molecule has 1 aromatic rings. The molecule has 6 atom stereocenters. The van der Waals surface area contributed by atoms with Crippen LogP contribution in [0.15, 0.2) is 24.3 Å². The Labute approximate surface area is 107 Å². The minimum Gasteiger partial charge on any atom is -0.496 e. The van der Waals surface area contributed by atoms with Crippen LogP contribution in [0.25, 0.3) is 0 Å². The zero-order valence-corrected chi connectivity index (χ0v) is 10.6. The summed E-state index contributed by atoms with van der Waals surface area (Å²) in [5, 5.41) is 0. The normalized spacial score (nSPS) is 43.9. The average molecular weight is 240 g/mol.